The van der Waals surface area contributed by atoms with Crippen LogP contribution in [0.4, 0.5) is 0 Å². The Kier molecular flexibility index (Phi) is 5.03. The fraction of sp³-hybridized carbons (Fsp3) is 0.727. The first-order chi connectivity index (χ1) is 6.79. The summed E-state index contributed by atoms with van der Waals surface area (Å²) in [6.45, 7) is 5.28. The van der Waals surface area contributed by atoms with E-state index in [0.717, 1.165) is 24.2 Å². The summed E-state index contributed by atoms with van der Waals surface area (Å²) in [7, 11) is 0. The molecule has 0 aliphatic heterocycles. The van der Waals surface area contributed by atoms with Crippen LogP contribution in [0, 0.1) is 12.8 Å². The molecule has 0 bridgehead atoms. The molecule has 2 unspecified atom stereocenters. The van der Waals surface area contributed by atoms with E-state index in [1.807, 2.05) is 0 Å². The van der Waals surface area contributed by atoms with Crippen LogP contribution in [0.3, 0.4) is 0 Å². The fourth-order valence-electron chi connectivity index (χ4n) is 1.89. The second kappa shape index (κ2) is 5.83. The summed E-state index contributed by atoms with van der Waals surface area (Å²) in [4.78, 5) is 4.44. The number of hydrogen-bond donors (Lipinski definition) is 1. The van der Waals surface area contributed by atoms with Gasteiger partial charge in [-0.3, -0.25) is 0 Å². The van der Waals surface area contributed by atoms with Gasteiger partial charge in [-0.1, -0.05) is 13.3 Å². The molecule has 1 aromatic rings. The first kappa shape index (κ1) is 12.9. The van der Waals surface area contributed by atoms with Gasteiger partial charge in [-0.05, 0) is 25.7 Å². The largest absolute Gasteiger partial charge is 0.307 e. The summed E-state index contributed by atoms with van der Waals surface area (Å²) in [5.41, 5.74) is 1.15. The number of nitrogens with zero attached hydrogens (tertiary/aromatic N) is 1. The van der Waals surface area contributed by atoms with Gasteiger partial charge in [-0.15, -0.1) is 23.7 Å². The topological polar surface area (TPSA) is 24.9 Å². The second-order valence-electron chi connectivity index (χ2n) is 4.15. The Bertz CT molecular complexity index is 301. The van der Waals surface area contributed by atoms with Gasteiger partial charge in [-0.25, -0.2) is 4.98 Å². The maximum absolute atomic E-state index is 4.44. The van der Waals surface area contributed by atoms with Crippen molar-refractivity contribution in [2.24, 2.45) is 5.92 Å². The number of nitrogens with one attached hydrogen (secondary N) is 1. The third kappa shape index (κ3) is 3.74. The van der Waals surface area contributed by atoms with Crippen molar-refractivity contribution in [2.75, 3.05) is 0 Å². The van der Waals surface area contributed by atoms with Crippen molar-refractivity contribution in [1.82, 2.24) is 10.3 Å². The molecule has 0 saturated heterocycles. The van der Waals surface area contributed by atoms with Crippen LogP contribution in [0.15, 0.2) is 5.38 Å². The Balaban J connectivity index is 0.00000112. The normalized spacial score (nSPS) is 23.6. The van der Waals surface area contributed by atoms with Crippen LogP contribution >= 0.6 is 23.7 Å². The molecule has 1 aromatic heterocycles. The Morgan fingerprint density at radius 1 is 1.60 bits per heavy atom. The van der Waals surface area contributed by atoms with Gasteiger partial charge in [0.15, 0.2) is 0 Å². The van der Waals surface area contributed by atoms with Crippen LogP contribution in [0.2, 0.25) is 0 Å². The van der Waals surface area contributed by atoms with Crippen molar-refractivity contribution in [3.8, 4) is 0 Å². The number of aryl methyl sites for hydroxylation is 1. The standard InChI is InChI=1S/C11H18N2S.ClH/c1-3-4-9-5-10(9)12-6-11-13-8(2)7-14-11;/h7,9-10,12H,3-6H2,1-2H3;1H. The van der Waals surface area contributed by atoms with Crippen LogP contribution in [-0.4, -0.2) is 11.0 Å². The molecule has 1 fully saturated rings. The quantitative estimate of drug-likeness (QED) is 0.864. The van der Waals surface area contributed by atoms with Gasteiger partial charge in [0.25, 0.3) is 0 Å². The van der Waals surface area contributed by atoms with Crippen LogP contribution in [0.25, 0.3) is 0 Å². The van der Waals surface area contributed by atoms with E-state index in [1.54, 1.807) is 11.3 Å². The highest BCUT2D eigenvalue weighted by Gasteiger charge is 2.35. The lowest BCUT2D eigenvalue weighted by atomic mass is 10.2. The van der Waals surface area contributed by atoms with Gasteiger partial charge in [0, 0.05) is 23.7 Å². The maximum atomic E-state index is 4.44. The molecule has 0 amide bonds. The Morgan fingerprint density at radius 3 is 3.00 bits per heavy atom. The Labute approximate surface area is 102 Å². The van der Waals surface area contributed by atoms with Crippen molar-refractivity contribution in [1.29, 1.82) is 0 Å². The van der Waals surface area contributed by atoms with Gasteiger partial charge in [0.2, 0.25) is 0 Å². The average Bonchev–Trinajstić information content (AvgIpc) is 2.77. The minimum absolute atomic E-state index is 0. The van der Waals surface area contributed by atoms with E-state index in [9.17, 15) is 0 Å². The lowest BCUT2D eigenvalue weighted by Crippen LogP contribution is -2.17. The van der Waals surface area contributed by atoms with Crippen LogP contribution in [0.5, 0.6) is 0 Å². The lowest BCUT2D eigenvalue weighted by molar-refractivity contribution is 0.598. The third-order valence-electron chi connectivity index (χ3n) is 2.76. The van der Waals surface area contributed by atoms with Gasteiger partial charge in [-0.2, -0.15) is 0 Å². The molecule has 1 heterocycles. The number of thiazole rings is 1. The van der Waals surface area contributed by atoms with Crippen molar-refractivity contribution >= 4 is 23.7 Å². The van der Waals surface area contributed by atoms with Gasteiger partial charge in [0.1, 0.15) is 5.01 Å². The molecule has 1 N–H and O–H groups in total. The van der Waals surface area contributed by atoms with Crippen molar-refractivity contribution in [2.45, 2.75) is 45.7 Å². The van der Waals surface area contributed by atoms with Crippen molar-refractivity contribution in [3.05, 3.63) is 16.1 Å². The van der Waals surface area contributed by atoms with E-state index in [0.29, 0.717) is 0 Å². The third-order valence-corrected chi connectivity index (χ3v) is 3.73. The zero-order chi connectivity index (χ0) is 9.97. The van der Waals surface area contributed by atoms with Gasteiger partial charge in [0.05, 0.1) is 0 Å². The highest BCUT2D eigenvalue weighted by Crippen LogP contribution is 2.34. The number of aromatic nitrogens is 1. The molecule has 0 radical (unpaired) electrons. The summed E-state index contributed by atoms with van der Waals surface area (Å²) in [5.74, 6) is 0.945. The van der Waals surface area contributed by atoms with Crippen LogP contribution < -0.4 is 5.32 Å². The molecule has 2 atom stereocenters. The molecule has 0 spiro atoms. The minimum atomic E-state index is 0. The smallest absolute Gasteiger partial charge is 0.107 e. The zero-order valence-corrected chi connectivity index (χ0v) is 11.0. The molecule has 2 nitrogen and oxygen atoms in total. The molecule has 2 rings (SSSR count). The minimum Gasteiger partial charge on any atom is -0.307 e. The first-order valence-electron chi connectivity index (χ1n) is 5.44. The van der Waals surface area contributed by atoms with E-state index >= 15 is 0 Å². The summed E-state index contributed by atoms with van der Waals surface area (Å²) in [5, 5.41) is 6.91. The molecular weight excluding hydrogens is 228 g/mol. The first-order valence-corrected chi connectivity index (χ1v) is 6.32. The van der Waals surface area contributed by atoms with Gasteiger partial charge >= 0.3 is 0 Å². The number of rotatable bonds is 5. The van der Waals surface area contributed by atoms with E-state index < -0.39 is 0 Å². The van der Waals surface area contributed by atoms with E-state index in [-0.39, 0.29) is 12.4 Å². The average molecular weight is 247 g/mol. The Morgan fingerprint density at radius 2 is 2.40 bits per heavy atom. The molecular formula is C11H19ClN2S. The number of hydrogen-bond acceptors (Lipinski definition) is 3. The monoisotopic (exact) mass is 246 g/mol. The molecule has 86 valence electrons. The molecule has 4 heteroatoms. The van der Waals surface area contributed by atoms with Crippen LogP contribution in [-0.2, 0) is 6.54 Å². The maximum Gasteiger partial charge on any atom is 0.107 e. The summed E-state index contributed by atoms with van der Waals surface area (Å²) in [6.07, 6.45) is 4.08. The van der Waals surface area contributed by atoms with E-state index in [4.69, 9.17) is 0 Å². The lowest BCUT2D eigenvalue weighted by Gasteiger charge is -2.00. The van der Waals surface area contributed by atoms with E-state index in [2.05, 4.69) is 29.5 Å². The predicted octanol–water partition coefficient (Wildman–Crippen LogP) is 3.15. The summed E-state index contributed by atoms with van der Waals surface area (Å²) in [6, 6.07) is 0.777. The number of halogens is 1. The molecule has 1 saturated carbocycles. The Hall–Kier alpha value is -0.120. The highest BCUT2D eigenvalue weighted by molar-refractivity contribution is 7.09. The molecule has 1 aliphatic carbocycles. The highest BCUT2D eigenvalue weighted by atomic mass is 35.5. The molecule has 15 heavy (non-hydrogen) atoms. The van der Waals surface area contributed by atoms with Crippen molar-refractivity contribution in [3.63, 3.8) is 0 Å². The van der Waals surface area contributed by atoms with Crippen LogP contribution in [0.1, 0.15) is 36.9 Å². The second-order valence-corrected chi connectivity index (χ2v) is 5.10. The fourth-order valence-corrected chi connectivity index (χ4v) is 2.61. The molecule has 0 aromatic carbocycles. The van der Waals surface area contributed by atoms with Crippen molar-refractivity contribution < 1.29 is 0 Å². The molecule has 1 aliphatic rings. The SMILES string of the molecule is CCCC1CC1NCc1nc(C)cs1.Cl. The van der Waals surface area contributed by atoms with Gasteiger partial charge < -0.3 is 5.32 Å². The zero-order valence-electron chi connectivity index (χ0n) is 9.32. The summed E-state index contributed by atoms with van der Waals surface area (Å²) < 4.78 is 0. The summed E-state index contributed by atoms with van der Waals surface area (Å²) >= 11 is 1.76. The predicted molar refractivity (Wildman–Crippen MR) is 67.7 cm³/mol. The van der Waals surface area contributed by atoms with E-state index in [1.165, 1.54) is 24.3 Å².